The second-order valence-corrected chi connectivity index (χ2v) is 6.56. The van der Waals surface area contributed by atoms with Gasteiger partial charge < -0.3 is 9.47 Å². The number of benzene rings is 1. The Balaban J connectivity index is 2.21. The maximum absolute atomic E-state index is 5.74. The van der Waals surface area contributed by atoms with Crippen molar-refractivity contribution in [3.63, 3.8) is 0 Å². The molecule has 0 saturated carbocycles. The fraction of sp³-hybridized carbons (Fsp3) is 0.462. The highest BCUT2D eigenvalue weighted by Gasteiger charge is 2.11. The van der Waals surface area contributed by atoms with E-state index in [9.17, 15) is 0 Å². The first-order valence-electron chi connectivity index (χ1n) is 6.25. The number of rotatable bonds is 8. The molecule has 2 rings (SSSR count). The van der Waals surface area contributed by atoms with E-state index in [4.69, 9.17) is 32.7 Å². The molecule has 0 saturated heterocycles. The molecule has 0 amide bonds. The summed E-state index contributed by atoms with van der Waals surface area (Å²) in [4.78, 5) is 4.34. The highest BCUT2D eigenvalue weighted by atomic mass is 35.5. The molecule has 0 aliphatic rings. The van der Waals surface area contributed by atoms with Gasteiger partial charge in [-0.05, 0) is 12.8 Å². The Bertz CT molecular complexity index is 516. The Hall–Kier alpha value is -0.360. The lowest BCUT2D eigenvalue weighted by molar-refractivity contribution is 0.270. The summed E-state index contributed by atoms with van der Waals surface area (Å²) in [6, 6.07) is 3.83. The van der Waals surface area contributed by atoms with Crippen LogP contribution in [0.4, 0.5) is 0 Å². The Morgan fingerprint density at radius 2 is 1.65 bits per heavy atom. The molecule has 0 aliphatic heterocycles. The average molecular weight is 352 g/mol. The van der Waals surface area contributed by atoms with E-state index in [0.717, 1.165) is 27.4 Å². The molecule has 1 aromatic heterocycles. The van der Waals surface area contributed by atoms with E-state index in [1.807, 2.05) is 12.1 Å². The van der Waals surface area contributed by atoms with Crippen molar-refractivity contribution in [1.82, 2.24) is 4.98 Å². The number of fused-ring (bicyclic) bond motifs is 1. The van der Waals surface area contributed by atoms with Gasteiger partial charge in [-0.3, -0.25) is 0 Å². The van der Waals surface area contributed by atoms with Crippen molar-refractivity contribution >= 4 is 57.4 Å². The molecule has 0 fully saturated rings. The maximum atomic E-state index is 5.74. The molecule has 0 atom stereocenters. The number of hydrogen-bond donors (Lipinski definition) is 1. The molecule has 0 spiro atoms. The van der Waals surface area contributed by atoms with Gasteiger partial charge in [0.1, 0.15) is 4.34 Å². The van der Waals surface area contributed by atoms with Gasteiger partial charge in [-0.25, -0.2) is 4.98 Å². The summed E-state index contributed by atoms with van der Waals surface area (Å²) in [6.45, 7) is 1.12. The van der Waals surface area contributed by atoms with Crippen molar-refractivity contribution in [2.24, 2.45) is 0 Å². The smallest absolute Gasteiger partial charge is 0.163 e. The fourth-order valence-electron chi connectivity index (χ4n) is 1.62. The third-order valence-electron chi connectivity index (χ3n) is 2.51. The Morgan fingerprint density at radius 3 is 2.25 bits per heavy atom. The molecule has 20 heavy (non-hydrogen) atoms. The summed E-state index contributed by atoms with van der Waals surface area (Å²) in [5.41, 5.74) is 0.866. The van der Waals surface area contributed by atoms with Crippen molar-refractivity contribution in [2.45, 2.75) is 17.2 Å². The van der Waals surface area contributed by atoms with Crippen LogP contribution in [0.1, 0.15) is 12.8 Å². The van der Waals surface area contributed by atoms with E-state index in [1.54, 1.807) is 0 Å². The lowest BCUT2D eigenvalue weighted by Gasteiger charge is -2.12. The first-order valence-corrected chi connectivity index (χ1v) is 8.59. The number of ether oxygens (including phenoxy) is 2. The predicted octanol–water partition coefficient (Wildman–Crippen LogP) is 4.60. The maximum Gasteiger partial charge on any atom is 0.163 e. The quantitative estimate of drug-likeness (QED) is 0.428. The number of aromatic nitrogens is 1. The van der Waals surface area contributed by atoms with E-state index in [-0.39, 0.29) is 0 Å². The summed E-state index contributed by atoms with van der Waals surface area (Å²) in [5, 5.41) is 0. The molecule has 0 radical (unpaired) electrons. The van der Waals surface area contributed by atoms with Gasteiger partial charge in [0.05, 0.1) is 23.4 Å². The SMILES string of the molecule is Sc1nc2cc(OCCCCl)c(OCCCCl)cc2s1. The molecule has 110 valence electrons. The normalized spacial score (nSPS) is 10.9. The lowest BCUT2D eigenvalue weighted by Crippen LogP contribution is -2.03. The first kappa shape index (κ1) is 16.0. The minimum absolute atomic E-state index is 0.554. The third-order valence-corrected chi connectivity index (χ3v) is 4.24. The lowest BCUT2D eigenvalue weighted by atomic mass is 10.3. The van der Waals surface area contributed by atoms with E-state index in [0.29, 0.717) is 36.5 Å². The van der Waals surface area contributed by atoms with Crippen LogP contribution in [0.5, 0.6) is 11.5 Å². The number of nitrogens with zero attached hydrogens (tertiary/aromatic N) is 1. The summed E-state index contributed by atoms with van der Waals surface area (Å²) >= 11 is 17.1. The molecule has 0 unspecified atom stereocenters. The van der Waals surface area contributed by atoms with Crippen LogP contribution < -0.4 is 9.47 Å². The topological polar surface area (TPSA) is 31.4 Å². The van der Waals surface area contributed by atoms with E-state index >= 15 is 0 Å². The minimum Gasteiger partial charge on any atom is -0.490 e. The van der Waals surface area contributed by atoms with Crippen LogP contribution in [0.3, 0.4) is 0 Å². The van der Waals surface area contributed by atoms with Gasteiger partial charge in [0, 0.05) is 23.9 Å². The molecule has 1 heterocycles. The molecule has 2 aromatic rings. The standard InChI is InChI=1S/C13H15Cl2NO2S2/c14-3-1-5-17-10-7-9-12(20-13(19)16-9)8-11(10)18-6-2-4-15/h7-8H,1-6H2,(H,16,19). The van der Waals surface area contributed by atoms with E-state index < -0.39 is 0 Å². The molecule has 1 aromatic carbocycles. The number of hydrogen-bond acceptors (Lipinski definition) is 5. The number of thiazole rings is 1. The zero-order valence-electron chi connectivity index (χ0n) is 10.8. The molecule has 7 heteroatoms. The van der Waals surface area contributed by atoms with Gasteiger partial charge in [-0.15, -0.1) is 47.2 Å². The summed E-state index contributed by atoms with van der Waals surface area (Å²) in [7, 11) is 0. The highest BCUT2D eigenvalue weighted by Crippen LogP contribution is 2.36. The van der Waals surface area contributed by atoms with Crippen LogP contribution in [-0.2, 0) is 0 Å². The second kappa shape index (κ2) is 8.17. The van der Waals surface area contributed by atoms with Gasteiger partial charge in [-0.1, -0.05) is 0 Å². The molecule has 0 bridgehead atoms. The predicted molar refractivity (Wildman–Crippen MR) is 88.5 cm³/mol. The van der Waals surface area contributed by atoms with E-state index in [1.165, 1.54) is 11.3 Å². The van der Waals surface area contributed by atoms with Crippen molar-refractivity contribution in [2.75, 3.05) is 25.0 Å². The molecule has 3 nitrogen and oxygen atoms in total. The van der Waals surface area contributed by atoms with E-state index in [2.05, 4.69) is 17.6 Å². The Morgan fingerprint density at radius 1 is 1.05 bits per heavy atom. The van der Waals surface area contributed by atoms with Crippen LogP contribution in [0, 0.1) is 0 Å². The van der Waals surface area contributed by atoms with Crippen molar-refractivity contribution in [3.8, 4) is 11.5 Å². The Kier molecular flexibility index (Phi) is 6.55. The summed E-state index contributed by atoms with van der Waals surface area (Å²) in [6.07, 6.45) is 1.58. The zero-order valence-corrected chi connectivity index (χ0v) is 14.0. The number of thiol groups is 1. The third kappa shape index (κ3) is 4.32. The van der Waals surface area contributed by atoms with Crippen LogP contribution in [0.15, 0.2) is 16.5 Å². The van der Waals surface area contributed by atoms with Crippen LogP contribution in [0.25, 0.3) is 10.2 Å². The van der Waals surface area contributed by atoms with Gasteiger partial charge in [0.2, 0.25) is 0 Å². The second-order valence-electron chi connectivity index (χ2n) is 4.05. The van der Waals surface area contributed by atoms with Gasteiger partial charge in [-0.2, -0.15) is 0 Å². The first-order chi connectivity index (χ1) is 9.74. The molecule has 0 aliphatic carbocycles. The zero-order chi connectivity index (χ0) is 14.4. The molecular formula is C13H15Cl2NO2S2. The average Bonchev–Trinajstić information content (AvgIpc) is 2.78. The van der Waals surface area contributed by atoms with Gasteiger partial charge in [0.15, 0.2) is 11.5 Å². The monoisotopic (exact) mass is 351 g/mol. The van der Waals surface area contributed by atoms with Gasteiger partial charge in [0.25, 0.3) is 0 Å². The van der Waals surface area contributed by atoms with Crippen molar-refractivity contribution < 1.29 is 9.47 Å². The highest BCUT2D eigenvalue weighted by molar-refractivity contribution is 7.82. The Labute approximate surface area is 137 Å². The largest absolute Gasteiger partial charge is 0.490 e. The number of alkyl halides is 2. The fourth-order valence-corrected chi connectivity index (χ4v) is 2.96. The van der Waals surface area contributed by atoms with Crippen LogP contribution in [-0.4, -0.2) is 30.0 Å². The summed E-state index contributed by atoms with van der Waals surface area (Å²) < 4.78 is 13.2. The number of halogens is 2. The van der Waals surface area contributed by atoms with Gasteiger partial charge >= 0.3 is 0 Å². The summed E-state index contributed by atoms with van der Waals surface area (Å²) in [5.74, 6) is 2.55. The molecule has 0 N–H and O–H groups in total. The van der Waals surface area contributed by atoms with Crippen molar-refractivity contribution in [3.05, 3.63) is 12.1 Å². The minimum atomic E-state index is 0.554. The van der Waals surface area contributed by atoms with Crippen molar-refractivity contribution in [1.29, 1.82) is 0 Å². The molecular weight excluding hydrogens is 337 g/mol. The van der Waals surface area contributed by atoms with Crippen LogP contribution in [0.2, 0.25) is 0 Å². The van der Waals surface area contributed by atoms with Crippen LogP contribution >= 0.6 is 47.2 Å².